The number of hydrogen-bond acceptors (Lipinski definition) is 4. The lowest BCUT2D eigenvalue weighted by Crippen LogP contribution is -2.37. The number of carbonyl (C=O) groups is 1. The predicted octanol–water partition coefficient (Wildman–Crippen LogP) is 2.48. The van der Waals surface area contributed by atoms with Crippen molar-refractivity contribution in [2.75, 3.05) is 48.5 Å². The Bertz CT molecular complexity index is 450. The van der Waals surface area contributed by atoms with Crippen LogP contribution in [-0.2, 0) is 9.53 Å². The zero-order valence-electron chi connectivity index (χ0n) is 10.8. The van der Waals surface area contributed by atoms with E-state index in [9.17, 15) is 4.79 Å². The third-order valence-electron chi connectivity index (χ3n) is 2.86. The summed E-state index contributed by atoms with van der Waals surface area (Å²) in [7, 11) is 0. The Morgan fingerprint density at radius 3 is 2.89 bits per heavy atom. The summed E-state index contributed by atoms with van der Waals surface area (Å²) in [6.45, 7) is 2.94. The van der Waals surface area contributed by atoms with Gasteiger partial charge in [-0.2, -0.15) is 11.8 Å². The number of para-hydroxylation sites is 1. The highest BCUT2D eigenvalue weighted by Crippen LogP contribution is 2.34. The maximum Gasteiger partial charge on any atom is 0.234 e. The summed E-state index contributed by atoms with van der Waals surface area (Å²) in [5.41, 5.74) is 1.66. The van der Waals surface area contributed by atoms with Gasteiger partial charge in [-0.05, 0) is 18.4 Å². The molecule has 0 atom stereocenters. The van der Waals surface area contributed by atoms with Crippen LogP contribution in [-0.4, -0.2) is 44.2 Å². The Morgan fingerprint density at radius 2 is 2.21 bits per heavy atom. The van der Waals surface area contributed by atoms with Gasteiger partial charge < -0.3 is 15.0 Å². The number of benzene rings is 1. The van der Waals surface area contributed by atoms with Crippen LogP contribution in [0.4, 0.5) is 11.4 Å². The number of morpholine rings is 1. The SMILES string of the molecule is CSCC(=O)Nc1cccc(Cl)c1N1CCOCC1. The molecule has 19 heavy (non-hydrogen) atoms. The monoisotopic (exact) mass is 300 g/mol. The minimum atomic E-state index is -0.00993. The number of thioether (sulfide) groups is 1. The quantitative estimate of drug-likeness (QED) is 0.927. The average Bonchev–Trinajstić information content (AvgIpc) is 2.40. The largest absolute Gasteiger partial charge is 0.378 e. The number of amides is 1. The second kappa shape index (κ2) is 7.03. The van der Waals surface area contributed by atoms with Crippen molar-refractivity contribution in [1.29, 1.82) is 0 Å². The van der Waals surface area contributed by atoms with Crippen molar-refractivity contribution in [2.24, 2.45) is 0 Å². The fourth-order valence-electron chi connectivity index (χ4n) is 2.04. The Hall–Kier alpha value is -0.910. The van der Waals surface area contributed by atoms with Crippen LogP contribution in [0.25, 0.3) is 0 Å². The van der Waals surface area contributed by atoms with Crippen molar-refractivity contribution >= 4 is 40.6 Å². The van der Waals surface area contributed by atoms with E-state index in [-0.39, 0.29) is 5.91 Å². The molecule has 0 aromatic heterocycles. The van der Waals surface area contributed by atoms with E-state index in [2.05, 4.69) is 10.2 Å². The second-order valence-electron chi connectivity index (χ2n) is 4.22. The van der Waals surface area contributed by atoms with Crippen LogP contribution < -0.4 is 10.2 Å². The molecule has 6 heteroatoms. The minimum Gasteiger partial charge on any atom is -0.378 e. The summed E-state index contributed by atoms with van der Waals surface area (Å²) in [5.74, 6) is 0.430. The number of nitrogens with one attached hydrogen (secondary N) is 1. The molecule has 0 unspecified atom stereocenters. The Labute approximate surface area is 122 Å². The molecular weight excluding hydrogens is 284 g/mol. The van der Waals surface area contributed by atoms with E-state index in [1.165, 1.54) is 11.8 Å². The third kappa shape index (κ3) is 3.78. The molecule has 1 aromatic carbocycles. The zero-order valence-corrected chi connectivity index (χ0v) is 12.4. The number of halogens is 1. The standard InChI is InChI=1S/C13H17ClN2O2S/c1-19-9-12(17)15-11-4-2-3-10(14)13(11)16-5-7-18-8-6-16/h2-4H,5-9H2,1H3,(H,15,17). The lowest BCUT2D eigenvalue weighted by molar-refractivity contribution is -0.113. The maximum atomic E-state index is 11.7. The Kier molecular flexibility index (Phi) is 5.36. The molecule has 2 rings (SSSR count). The molecule has 104 valence electrons. The molecule has 1 aliphatic rings. The van der Waals surface area contributed by atoms with Crippen molar-refractivity contribution in [3.8, 4) is 0 Å². The van der Waals surface area contributed by atoms with Crippen LogP contribution in [0, 0.1) is 0 Å². The van der Waals surface area contributed by atoms with Crippen LogP contribution in [0.5, 0.6) is 0 Å². The van der Waals surface area contributed by atoms with E-state index >= 15 is 0 Å². The van der Waals surface area contributed by atoms with Crippen molar-refractivity contribution < 1.29 is 9.53 Å². The van der Waals surface area contributed by atoms with Crippen LogP contribution in [0.3, 0.4) is 0 Å². The predicted molar refractivity (Wildman–Crippen MR) is 81.5 cm³/mol. The Balaban J connectivity index is 2.22. The second-order valence-corrected chi connectivity index (χ2v) is 5.49. The molecule has 0 saturated carbocycles. The van der Waals surface area contributed by atoms with Crippen LogP contribution in [0.15, 0.2) is 18.2 Å². The van der Waals surface area contributed by atoms with Crippen LogP contribution >= 0.6 is 23.4 Å². The van der Waals surface area contributed by atoms with Crippen LogP contribution in [0.1, 0.15) is 0 Å². The summed E-state index contributed by atoms with van der Waals surface area (Å²) in [5, 5.41) is 3.58. The average molecular weight is 301 g/mol. The Morgan fingerprint density at radius 1 is 1.47 bits per heavy atom. The molecule has 1 fully saturated rings. The van der Waals surface area contributed by atoms with E-state index in [1.54, 1.807) is 0 Å². The summed E-state index contributed by atoms with van der Waals surface area (Å²) in [6, 6.07) is 5.58. The molecule has 1 saturated heterocycles. The van der Waals surface area contributed by atoms with Gasteiger partial charge in [-0.25, -0.2) is 0 Å². The highest BCUT2D eigenvalue weighted by molar-refractivity contribution is 7.99. The number of nitrogens with zero attached hydrogens (tertiary/aromatic N) is 1. The van der Waals surface area contributed by atoms with E-state index in [0.717, 1.165) is 24.5 Å². The summed E-state index contributed by atoms with van der Waals surface area (Å²) in [4.78, 5) is 13.9. The van der Waals surface area contributed by atoms with E-state index in [0.29, 0.717) is 24.0 Å². The van der Waals surface area contributed by atoms with Gasteiger partial charge in [0.15, 0.2) is 0 Å². The first-order chi connectivity index (χ1) is 9.22. The molecule has 0 spiro atoms. The first kappa shape index (κ1) is 14.5. The van der Waals surface area contributed by atoms with Gasteiger partial charge >= 0.3 is 0 Å². The maximum absolute atomic E-state index is 11.7. The van der Waals surface area contributed by atoms with Gasteiger partial charge in [-0.15, -0.1) is 0 Å². The van der Waals surface area contributed by atoms with Gasteiger partial charge in [-0.1, -0.05) is 17.7 Å². The van der Waals surface area contributed by atoms with E-state index in [1.807, 2.05) is 24.5 Å². The molecule has 4 nitrogen and oxygen atoms in total. The number of hydrogen-bond donors (Lipinski definition) is 1. The number of anilines is 2. The lowest BCUT2D eigenvalue weighted by Gasteiger charge is -2.31. The van der Waals surface area contributed by atoms with Crippen LogP contribution in [0.2, 0.25) is 5.02 Å². The van der Waals surface area contributed by atoms with Gasteiger partial charge in [0.25, 0.3) is 0 Å². The molecule has 1 amide bonds. The van der Waals surface area contributed by atoms with E-state index in [4.69, 9.17) is 16.3 Å². The molecule has 1 aliphatic heterocycles. The van der Waals surface area contributed by atoms with E-state index < -0.39 is 0 Å². The van der Waals surface area contributed by atoms with Gasteiger partial charge in [0.1, 0.15) is 0 Å². The first-order valence-electron chi connectivity index (χ1n) is 6.12. The molecule has 1 aromatic rings. The highest BCUT2D eigenvalue weighted by atomic mass is 35.5. The number of ether oxygens (including phenoxy) is 1. The zero-order chi connectivity index (χ0) is 13.7. The molecule has 0 bridgehead atoms. The molecule has 1 heterocycles. The lowest BCUT2D eigenvalue weighted by atomic mass is 10.2. The highest BCUT2D eigenvalue weighted by Gasteiger charge is 2.18. The fourth-order valence-corrected chi connectivity index (χ4v) is 2.67. The minimum absolute atomic E-state index is 0.00993. The molecular formula is C13H17ClN2O2S. The topological polar surface area (TPSA) is 41.6 Å². The summed E-state index contributed by atoms with van der Waals surface area (Å²) >= 11 is 7.78. The van der Waals surface area contributed by atoms with Crippen molar-refractivity contribution in [1.82, 2.24) is 0 Å². The third-order valence-corrected chi connectivity index (χ3v) is 3.72. The molecule has 1 N–H and O–H groups in total. The summed E-state index contributed by atoms with van der Waals surface area (Å²) in [6.07, 6.45) is 1.90. The van der Waals surface area contributed by atoms with Crippen molar-refractivity contribution in [2.45, 2.75) is 0 Å². The number of carbonyl (C=O) groups excluding carboxylic acids is 1. The van der Waals surface area contributed by atoms with Gasteiger partial charge in [0.2, 0.25) is 5.91 Å². The summed E-state index contributed by atoms with van der Waals surface area (Å²) < 4.78 is 5.35. The van der Waals surface area contributed by atoms with Gasteiger partial charge in [-0.3, -0.25) is 4.79 Å². The van der Waals surface area contributed by atoms with Crippen molar-refractivity contribution in [3.05, 3.63) is 23.2 Å². The van der Waals surface area contributed by atoms with Gasteiger partial charge in [0.05, 0.1) is 35.4 Å². The van der Waals surface area contributed by atoms with Gasteiger partial charge in [0, 0.05) is 13.1 Å². The smallest absolute Gasteiger partial charge is 0.234 e. The van der Waals surface area contributed by atoms with Crippen molar-refractivity contribution in [3.63, 3.8) is 0 Å². The molecule has 0 radical (unpaired) electrons. The number of rotatable bonds is 4. The normalized spacial score (nSPS) is 15.4. The molecule has 0 aliphatic carbocycles. The first-order valence-corrected chi connectivity index (χ1v) is 7.89. The fraction of sp³-hybridized carbons (Fsp3) is 0.462.